The molecule has 0 amide bonds. The summed E-state index contributed by atoms with van der Waals surface area (Å²) in [5.74, 6) is -1.12. The molecule has 5 heteroatoms. The van der Waals surface area contributed by atoms with Gasteiger partial charge in [0.05, 0.1) is 23.7 Å². The Kier molecular flexibility index (Phi) is 5.41. The average Bonchev–Trinajstić information content (AvgIpc) is 2.68. The third-order valence-electron chi connectivity index (χ3n) is 4.39. The van der Waals surface area contributed by atoms with Crippen molar-refractivity contribution in [2.24, 2.45) is 5.73 Å². The van der Waals surface area contributed by atoms with Crippen molar-refractivity contribution in [2.45, 2.75) is 19.8 Å². The SMILES string of the molecule is CCOC(=O)C1=C(C)OC(N)=C(C(=O)c2ccccc2)C1c1ccccc1. The molecule has 2 aromatic rings. The third kappa shape index (κ3) is 3.62. The number of carbonyl (C=O) groups excluding carboxylic acids is 2. The normalized spacial score (nSPS) is 16.7. The van der Waals surface area contributed by atoms with Crippen molar-refractivity contribution in [1.82, 2.24) is 0 Å². The second-order valence-corrected chi connectivity index (χ2v) is 6.11. The molecule has 0 aromatic heterocycles. The minimum absolute atomic E-state index is 0.00301. The van der Waals surface area contributed by atoms with Gasteiger partial charge >= 0.3 is 5.97 Å². The van der Waals surface area contributed by atoms with Crippen LogP contribution < -0.4 is 5.73 Å². The third-order valence-corrected chi connectivity index (χ3v) is 4.39. The van der Waals surface area contributed by atoms with Gasteiger partial charge in [-0.05, 0) is 19.4 Å². The zero-order valence-corrected chi connectivity index (χ0v) is 15.3. The summed E-state index contributed by atoms with van der Waals surface area (Å²) in [6.07, 6.45) is 0. The second-order valence-electron chi connectivity index (χ2n) is 6.11. The van der Waals surface area contributed by atoms with Crippen molar-refractivity contribution in [3.63, 3.8) is 0 Å². The molecule has 0 fully saturated rings. The lowest BCUT2D eigenvalue weighted by atomic mass is 9.79. The summed E-state index contributed by atoms with van der Waals surface area (Å²) in [5.41, 5.74) is 7.89. The largest absolute Gasteiger partial charge is 0.463 e. The first-order valence-corrected chi connectivity index (χ1v) is 8.74. The molecule has 3 rings (SSSR count). The Morgan fingerprint density at radius 1 is 1.00 bits per heavy atom. The molecule has 27 heavy (non-hydrogen) atoms. The molecule has 0 radical (unpaired) electrons. The molecule has 0 spiro atoms. The molecular formula is C22H21NO4. The van der Waals surface area contributed by atoms with E-state index in [-0.39, 0.29) is 29.4 Å². The average molecular weight is 363 g/mol. The van der Waals surface area contributed by atoms with Crippen molar-refractivity contribution in [3.8, 4) is 0 Å². The predicted molar refractivity (Wildman–Crippen MR) is 102 cm³/mol. The summed E-state index contributed by atoms with van der Waals surface area (Å²) >= 11 is 0. The van der Waals surface area contributed by atoms with E-state index in [1.54, 1.807) is 38.1 Å². The zero-order valence-electron chi connectivity index (χ0n) is 15.3. The van der Waals surface area contributed by atoms with Crippen LogP contribution in [0.1, 0.15) is 35.7 Å². The van der Waals surface area contributed by atoms with Gasteiger partial charge in [-0.2, -0.15) is 0 Å². The van der Waals surface area contributed by atoms with Crippen LogP contribution >= 0.6 is 0 Å². The first-order chi connectivity index (χ1) is 13.0. The van der Waals surface area contributed by atoms with Crippen LogP contribution in [0.3, 0.4) is 0 Å². The molecule has 2 N–H and O–H groups in total. The van der Waals surface area contributed by atoms with Crippen LogP contribution in [0.4, 0.5) is 0 Å². The number of ether oxygens (including phenoxy) is 2. The summed E-state index contributed by atoms with van der Waals surface area (Å²) in [7, 11) is 0. The lowest BCUT2D eigenvalue weighted by Crippen LogP contribution is -2.29. The van der Waals surface area contributed by atoms with E-state index in [1.807, 2.05) is 36.4 Å². The number of nitrogens with two attached hydrogens (primary N) is 1. The molecule has 0 bridgehead atoms. The van der Waals surface area contributed by atoms with Gasteiger partial charge in [-0.3, -0.25) is 4.79 Å². The van der Waals surface area contributed by atoms with Gasteiger partial charge in [0.25, 0.3) is 0 Å². The van der Waals surface area contributed by atoms with Crippen molar-refractivity contribution >= 4 is 11.8 Å². The van der Waals surface area contributed by atoms with Crippen molar-refractivity contribution < 1.29 is 19.1 Å². The molecule has 1 heterocycles. The molecule has 2 aromatic carbocycles. The van der Waals surface area contributed by atoms with Crippen molar-refractivity contribution in [1.29, 1.82) is 0 Å². The van der Waals surface area contributed by atoms with Gasteiger partial charge in [0.2, 0.25) is 0 Å². The van der Waals surface area contributed by atoms with Crippen LogP contribution in [0.2, 0.25) is 0 Å². The van der Waals surface area contributed by atoms with Crippen LogP contribution in [0.5, 0.6) is 0 Å². The van der Waals surface area contributed by atoms with E-state index in [9.17, 15) is 9.59 Å². The lowest BCUT2D eigenvalue weighted by molar-refractivity contribution is -0.139. The van der Waals surface area contributed by atoms with Gasteiger partial charge in [0, 0.05) is 5.56 Å². The number of benzene rings is 2. The number of Topliss-reactive ketones (excluding diaryl/α,β-unsaturated/α-hetero) is 1. The molecule has 0 saturated carbocycles. The Bertz CT molecular complexity index is 914. The molecular weight excluding hydrogens is 342 g/mol. The fraction of sp³-hybridized carbons (Fsp3) is 0.182. The fourth-order valence-corrected chi connectivity index (χ4v) is 3.20. The van der Waals surface area contributed by atoms with Gasteiger partial charge in [-0.1, -0.05) is 60.7 Å². The number of hydrogen-bond acceptors (Lipinski definition) is 5. The highest BCUT2D eigenvalue weighted by Gasteiger charge is 2.39. The summed E-state index contributed by atoms with van der Waals surface area (Å²) in [4.78, 5) is 25.9. The predicted octanol–water partition coefficient (Wildman–Crippen LogP) is 3.69. The number of rotatable bonds is 5. The maximum atomic E-state index is 13.2. The minimum Gasteiger partial charge on any atom is -0.463 e. The van der Waals surface area contributed by atoms with Crippen LogP contribution in [0, 0.1) is 0 Å². The van der Waals surface area contributed by atoms with E-state index in [4.69, 9.17) is 15.2 Å². The minimum atomic E-state index is -0.660. The van der Waals surface area contributed by atoms with Crippen LogP contribution in [-0.2, 0) is 14.3 Å². The molecule has 1 unspecified atom stereocenters. The number of hydrogen-bond donors (Lipinski definition) is 1. The second kappa shape index (κ2) is 7.91. The number of ketones is 1. The van der Waals surface area contributed by atoms with E-state index in [0.717, 1.165) is 5.56 Å². The molecule has 0 saturated heterocycles. The van der Waals surface area contributed by atoms with Crippen LogP contribution in [-0.4, -0.2) is 18.4 Å². The summed E-state index contributed by atoms with van der Waals surface area (Å²) in [6.45, 7) is 3.60. The Labute approximate surface area is 158 Å². The molecule has 5 nitrogen and oxygen atoms in total. The van der Waals surface area contributed by atoms with Gasteiger partial charge in [-0.25, -0.2) is 4.79 Å². The Morgan fingerprint density at radius 3 is 2.19 bits per heavy atom. The Morgan fingerprint density at radius 2 is 1.59 bits per heavy atom. The standard InChI is InChI=1S/C22H21NO4/c1-3-26-22(25)17-14(2)27-21(23)19(18(17)15-10-6-4-7-11-15)20(24)16-12-8-5-9-13-16/h4-13,18H,3,23H2,1-2H3. The van der Waals surface area contributed by atoms with Gasteiger partial charge < -0.3 is 15.2 Å². The maximum absolute atomic E-state index is 13.2. The molecule has 1 aliphatic heterocycles. The van der Waals surface area contributed by atoms with Gasteiger partial charge in [0.15, 0.2) is 11.7 Å². The highest BCUT2D eigenvalue weighted by Crippen LogP contribution is 2.41. The first-order valence-electron chi connectivity index (χ1n) is 8.74. The first kappa shape index (κ1) is 18.5. The summed E-state index contributed by atoms with van der Waals surface area (Å²) < 4.78 is 10.8. The van der Waals surface area contributed by atoms with E-state index >= 15 is 0 Å². The Balaban J connectivity index is 2.16. The van der Waals surface area contributed by atoms with Gasteiger partial charge in [-0.15, -0.1) is 0 Å². The molecule has 1 aliphatic rings. The number of esters is 1. The fourth-order valence-electron chi connectivity index (χ4n) is 3.20. The lowest BCUT2D eigenvalue weighted by Gasteiger charge is -2.29. The summed E-state index contributed by atoms with van der Waals surface area (Å²) in [5, 5.41) is 0. The molecule has 1 atom stereocenters. The smallest absolute Gasteiger partial charge is 0.338 e. The Hall–Kier alpha value is -3.34. The van der Waals surface area contributed by atoms with E-state index in [1.165, 1.54) is 0 Å². The monoisotopic (exact) mass is 363 g/mol. The zero-order chi connectivity index (χ0) is 19.4. The maximum Gasteiger partial charge on any atom is 0.338 e. The highest BCUT2D eigenvalue weighted by molar-refractivity contribution is 6.12. The van der Waals surface area contributed by atoms with Gasteiger partial charge in [0.1, 0.15) is 5.76 Å². The topological polar surface area (TPSA) is 78.6 Å². The highest BCUT2D eigenvalue weighted by atomic mass is 16.5. The van der Waals surface area contributed by atoms with Crippen molar-refractivity contribution in [3.05, 3.63) is 94.6 Å². The summed E-state index contributed by atoms with van der Waals surface area (Å²) in [6, 6.07) is 18.1. The van der Waals surface area contributed by atoms with Crippen LogP contribution in [0.15, 0.2) is 83.5 Å². The van der Waals surface area contributed by atoms with E-state index < -0.39 is 11.9 Å². The quantitative estimate of drug-likeness (QED) is 0.647. The van der Waals surface area contributed by atoms with Crippen LogP contribution in [0.25, 0.3) is 0 Å². The number of carbonyl (C=O) groups is 2. The molecule has 138 valence electrons. The van der Waals surface area contributed by atoms with E-state index in [0.29, 0.717) is 11.3 Å². The number of allylic oxidation sites excluding steroid dienone is 2. The van der Waals surface area contributed by atoms with Crippen molar-refractivity contribution in [2.75, 3.05) is 6.61 Å². The van der Waals surface area contributed by atoms with E-state index in [2.05, 4.69) is 0 Å². The molecule has 0 aliphatic carbocycles.